The van der Waals surface area contributed by atoms with Crippen LogP contribution in [0, 0.1) is 0 Å². The standard InChI is InChI=1S/C15H11Cl3N2S/c1-8(9-4-15-13(19-7-9)2-3-21-15)20-14-6-11(17)10(16)5-12(14)18/h2-8,20H,1H3. The maximum atomic E-state index is 6.19. The maximum Gasteiger partial charge on any atom is 0.0809 e. The van der Waals surface area contributed by atoms with Gasteiger partial charge in [0.25, 0.3) is 0 Å². The van der Waals surface area contributed by atoms with Crippen LogP contribution in [0.25, 0.3) is 10.2 Å². The van der Waals surface area contributed by atoms with Gasteiger partial charge in [-0.25, -0.2) is 0 Å². The molecule has 0 aliphatic carbocycles. The van der Waals surface area contributed by atoms with Gasteiger partial charge >= 0.3 is 0 Å². The molecule has 0 saturated heterocycles. The van der Waals surface area contributed by atoms with Gasteiger partial charge in [-0.15, -0.1) is 11.3 Å². The Kier molecular flexibility index (Phi) is 4.27. The smallest absolute Gasteiger partial charge is 0.0809 e. The van der Waals surface area contributed by atoms with Crippen LogP contribution in [0.15, 0.2) is 35.8 Å². The molecule has 0 radical (unpaired) electrons. The first-order valence-corrected chi connectivity index (χ1v) is 8.30. The highest BCUT2D eigenvalue weighted by atomic mass is 35.5. The summed E-state index contributed by atoms with van der Waals surface area (Å²) in [6.45, 7) is 2.05. The predicted octanol–water partition coefficient (Wildman–Crippen LogP) is 6.43. The third kappa shape index (κ3) is 3.11. The van der Waals surface area contributed by atoms with Crippen LogP contribution in [0.5, 0.6) is 0 Å². The lowest BCUT2D eigenvalue weighted by Gasteiger charge is -2.17. The van der Waals surface area contributed by atoms with Crippen LogP contribution in [0.4, 0.5) is 5.69 Å². The van der Waals surface area contributed by atoms with Crippen molar-refractivity contribution in [2.45, 2.75) is 13.0 Å². The predicted molar refractivity (Wildman–Crippen MR) is 93.1 cm³/mol. The second-order valence-electron chi connectivity index (χ2n) is 4.68. The number of thiophene rings is 1. The number of rotatable bonds is 3. The van der Waals surface area contributed by atoms with E-state index in [9.17, 15) is 0 Å². The Labute approximate surface area is 141 Å². The van der Waals surface area contributed by atoms with E-state index in [0.717, 1.165) is 16.8 Å². The molecule has 21 heavy (non-hydrogen) atoms. The average molecular weight is 358 g/mol. The maximum absolute atomic E-state index is 6.19. The van der Waals surface area contributed by atoms with Gasteiger partial charge in [0.1, 0.15) is 0 Å². The van der Waals surface area contributed by atoms with Gasteiger partial charge in [0.05, 0.1) is 37.0 Å². The van der Waals surface area contributed by atoms with Crippen molar-refractivity contribution < 1.29 is 0 Å². The highest BCUT2D eigenvalue weighted by Crippen LogP contribution is 2.34. The molecule has 0 spiro atoms. The molecular formula is C15H11Cl3N2S. The lowest BCUT2D eigenvalue weighted by Crippen LogP contribution is -2.07. The SMILES string of the molecule is CC(Nc1cc(Cl)c(Cl)cc1Cl)c1cnc2ccsc2c1. The van der Waals surface area contributed by atoms with Crippen LogP contribution in [0.3, 0.4) is 0 Å². The van der Waals surface area contributed by atoms with Crippen molar-refractivity contribution in [3.63, 3.8) is 0 Å². The van der Waals surface area contributed by atoms with Crippen molar-refractivity contribution in [3.8, 4) is 0 Å². The third-order valence-electron chi connectivity index (χ3n) is 3.21. The van der Waals surface area contributed by atoms with E-state index >= 15 is 0 Å². The number of benzene rings is 1. The van der Waals surface area contributed by atoms with E-state index in [4.69, 9.17) is 34.8 Å². The number of halogens is 3. The molecule has 1 atom stereocenters. The van der Waals surface area contributed by atoms with Gasteiger partial charge < -0.3 is 5.32 Å². The summed E-state index contributed by atoms with van der Waals surface area (Å²) in [5.41, 5.74) is 2.86. The van der Waals surface area contributed by atoms with Crippen LogP contribution in [-0.2, 0) is 0 Å². The molecule has 2 heterocycles. The lowest BCUT2D eigenvalue weighted by atomic mass is 10.1. The number of hydrogen-bond donors (Lipinski definition) is 1. The number of pyridine rings is 1. The third-order valence-corrected chi connectivity index (χ3v) is 5.09. The van der Waals surface area contributed by atoms with Crippen molar-refractivity contribution in [1.29, 1.82) is 0 Å². The normalized spacial score (nSPS) is 12.6. The minimum atomic E-state index is 0.0544. The largest absolute Gasteiger partial charge is 0.377 e. The Morgan fingerprint density at radius 1 is 1.10 bits per heavy atom. The summed E-state index contributed by atoms with van der Waals surface area (Å²) in [6.07, 6.45) is 1.87. The number of anilines is 1. The van der Waals surface area contributed by atoms with E-state index < -0.39 is 0 Å². The first kappa shape index (κ1) is 14.9. The van der Waals surface area contributed by atoms with Gasteiger partial charge in [-0.05, 0) is 42.1 Å². The molecule has 1 unspecified atom stereocenters. The highest BCUT2D eigenvalue weighted by molar-refractivity contribution is 7.17. The molecule has 0 amide bonds. The summed E-state index contributed by atoms with van der Waals surface area (Å²) < 4.78 is 1.17. The van der Waals surface area contributed by atoms with E-state index in [0.29, 0.717) is 15.1 Å². The summed E-state index contributed by atoms with van der Waals surface area (Å²) in [5.74, 6) is 0. The minimum absolute atomic E-state index is 0.0544. The number of aromatic nitrogens is 1. The fourth-order valence-corrected chi connectivity index (χ4v) is 3.44. The molecule has 2 nitrogen and oxygen atoms in total. The quantitative estimate of drug-likeness (QED) is 0.546. The molecule has 1 aromatic carbocycles. The van der Waals surface area contributed by atoms with Crippen LogP contribution in [0.1, 0.15) is 18.5 Å². The topological polar surface area (TPSA) is 24.9 Å². The average Bonchev–Trinajstić information content (AvgIpc) is 2.92. The zero-order chi connectivity index (χ0) is 15.0. The molecule has 3 rings (SSSR count). The van der Waals surface area contributed by atoms with Crippen LogP contribution in [-0.4, -0.2) is 4.98 Å². The van der Waals surface area contributed by atoms with Gasteiger partial charge in [-0.3, -0.25) is 4.98 Å². The van der Waals surface area contributed by atoms with Gasteiger partial charge in [0, 0.05) is 6.20 Å². The molecule has 3 aromatic rings. The molecule has 2 aromatic heterocycles. The van der Waals surface area contributed by atoms with Crippen molar-refractivity contribution in [2.75, 3.05) is 5.32 Å². The zero-order valence-corrected chi connectivity index (χ0v) is 14.1. The monoisotopic (exact) mass is 356 g/mol. The van der Waals surface area contributed by atoms with Crippen molar-refractivity contribution in [1.82, 2.24) is 4.98 Å². The van der Waals surface area contributed by atoms with Crippen LogP contribution < -0.4 is 5.32 Å². The fraction of sp³-hybridized carbons (Fsp3) is 0.133. The molecule has 0 aliphatic rings. The minimum Gasteiger partial charge on any atom is -0.377 e. The van der Waals surface area contributed by atoms with Gasteiger partial charge in [-0.2, -0.15) is 0 Å². The Morgan fingerprint density at radius 2 is 1.86 bits per heavy atom. The summed E-state index contributed by atoms with van der Waals surface area (Å²) in [5, 5.41) is 6.84. The number of hydrogen-bond acceptors (Lipinski definition) is 3. The zero-order valence-electron chi connectivity index (χ0n) is 11.0. The lowest BCUT2D eigenvalue weighted by molar-refractivity contribution is 0.880. The van der Waals surface area contributed by atoms with Crippen LogP contribution >= 0.6 is 46.1 Å². The Hall–Kier alpha value is -1.00. The molecule has 6 heteroatoms. The van der Waals surface area contributed by atoms with E-state index in [1.165, 1.54) is 4.70 Å². The summed E-state index contributed by atoms with van der Waals surface area (Å²) in [4.78, 5) is 4.45. The molecule has 108 valence electrons. The Morgan fingerprint density at radius 3 is 2.67 bits per heavy atom. The molecule has 0 fully saturated rings. The summed E-state index contributed by atoms with van der Waals surface area (Å²) in [7, 11) is 0. The molecular weight excluding hydrogens is 347 g/mol. The van der Waals surface area contributed by atoms with Gasteiger partial charge in [-0.1, -0.05) is 34.8 Å². The van der Waals surface area contributed by atoms with Gasteiger partial charge in [0.15, 0.2) is 0 Å². The second-order valence-corrected chi connectivity index (χ2v) is 6.85. The van der Waals surface area contributed by atoms with E-state index in [1.54, 1.807) is 23.5 Å². The number of nitrogens with one attached hydrogen (secondary N) is 1. The fourth-order valence-electron chi connectivity index (χ4n) is 2.05. The summed E-state index contributed by atoms with van der Waals surface area (Å²) in [6, 6.07) is 7.58. The molecule has 0 aliphatic heterocycles. The Bertz CT molecular complexity index is 801. The van der Waals surface area contributed by atoms with Crippen molar-refractivity contribution >= 4 is 62.0 Å². The summed E-state index contributed by atoms with van der Waals surface area (Å²) >= 11 is 19.8. The second kappa shape index (κ2) is 6.01. The molecule has 1 N–H and O–H groups in total. The van der Waals surface area contributed by atoms with E-state index in [2.05, 4.69) is 23.3 Å². The highest BCUT2D eigenvalue weighted by Gasteiger charge is 2.11. The first-order chi connectivity index (χ1) is 10.0. The number of fused-ring (bicyclic) bond motifs is 1. The molecule has 0 saturated carbocycles. The first-order valence-electron chi connectivity index (χ1n) is 6.29. The molecule has 0 bridgehead atoms. The van der Waals surface area contributed by atoms with Crippen molar-refractivity contribution in [2.24, 2.45) is 0 Å². The van der Waals surface area contributed by atoms with Gasteiger partial charge in [0.2, 0.25) is 0 Å². The van der Waals surface area contributed by atoms with E-state index in [-0.39, 0.29) is 6.04 Å². The Balaban J connectivity index is 1.88. The van der Waals surface area contributed by atoms with Crippen molar-refractivity contribution in [3.05, 3.63) is 56.5 Å². The van der Waals surface area contributed by atoms with Crippen LogP contribution in [0.2, 0.25) is 15.1 Å². The number of nitrogens with zero attached hydrogens (tertiary/aromatic N) is 1. The van der Waals surface area contributed by atoms with E-state index in [1.807, 2.05) is 17.6 Å².